The largest absolute Gasteiger partial charge is 0.384 e. The lowest BCUT2D eigenvalue weighted by atomic mass is 9.99. The SMILES string of the molecule is CCCCC(CC)CNC(=O)c1ccc(NCCC)cn1. The molecule has 21 heavy (non-hydrogen) atoms. The van der Waals surface area contributed by atoms with Gasteiger partial charge in [0, 0.05) is 13.1 Å². The van der Waals surface area contributed by atoms with Gasteiger partial charge in [0.1, 0.15) is 5.69 Å². The number of hydrogen-bond donors (Lipinski definition) is 2. The van der Waals surface area contributed by atoms with Crippen molar-refractivity contribution < 1.29 is 4.79 Å². The summed E-state index contributed by atoms with van der Waals surface area (Å²) >= 11 is 0. The average molecular weight is 291 g/mol. The zero-order valence-electron chi connectivity index (χ0n) is 13.6. The number of nitrogens with zero attached hydrogens (tertiary/aromatic N) is 1. The highest BCUT2D eigenvalue weighted by Gasteiger charge is 2.10. The van der Waals surface area contributed by atoms with Gasteiger partial charge in [-0.15, -0.1) is 0 Å². The van der Waals surface area contributed by atoms with Crippen molar-refractivity contribution in [2.75, 3.05) is 18.4 Å². The first kappa shape index (κ1) is 17.5. The van der Waals surface area contributed by atoms with Gasteiger partial charge in [-0.1, -0.05) is 40.0 Å². The second kappa shape index (κ2) is 10.2. The van der Waals surface area contributed by atoms with Crippen molar-refractivity contribution in [2.24, 2.45) is 5.92 Å². The van der Waals surface area contributed by atoms with E-state index in [9.17, 15) is 4.79 Å². The number of carbonyl (C=O) groups is 1. The monoisotopic (exact) mass is 291 g/mol. The molecule has 0 aromatic carbocycles. The third-order valence-electron chi connectivity index (χ3n) is 3.67. The molecular weight excluding hydrogens is 262 g/mol. The normalized spacial score (nSPS) is 12.0. The van der Waals surface area contributed by atoms with E-state index in [0.29, 0.717) is 11.6 Å². The summed E-state index contributed by atoms with van der Waals surface area (Å²) in [4.78, 5) is 16.3. The highest BCUT2D eigenvalue weighted by Crippen LogP contribution is 2.12. The van der Waals surface area contributed by atoms with Crippen molar-refractivity contribution in [3.05, 3.63) is 24.0 Å². The van der Waals surface area contributed by atoms with Crippen LogP contribution in [0.1, 0.15) is 63.4 Å². The lowest BCUT2D eigenvalue weighted by Gasteiger charge is -2.15. The van der Waals surface area contributed by atoms with Gasteiger partial charge >= 0.3 is 0 Å². The zero-order chi connectivity index (χ0) is 15.5. The topological polar surface area (TPSA) is 54.0 Å². The Balaban J connectivity index is 2.43. The third kappa shape index (κ3) is 6.61. The summed E-state index contributed by atoms with van der Waals surface area (Å²) in [6.07, 6.45) is 7.51. The summed E-state index contributed by atoms with van der Waals surface area (Å²) < 4.78 is 0. The van der Waals surface area contributed by atoms with E-state index in [4.69, 9.17) is 0 Å². The number of carbonyl (C=O) groups excluding carboxylic acids is 1. The molecule has 0 aliphatic carbocycles. The summed E-state index contributed by atoms with van der Waals surface area (Å²) in [5.41, 5.74) is 1.45. The van der Waals surface area contributed by atoms with Gasteiger partial charge in [-0.3, -0.25) is 4.79 Å². The van der Waals surface area contributed by atoms with Crippen LogP contribution in [0.2, 0.25) is 0 Å². The summed E-state index contributed by atoms with van der Waals surface area (Å²) in [7, 11) is 0. The molecular formula is C17H29N3O. The van der Waals surface area contributed by atoms with E-state index in [0.717, 1.165) is 31.6 Å². The Kier molecular flexibility index (Phi) is 8.48. The van der Waals surface area contributed by atoms with Crippen LogP contribution in [0.4, 0.5) is 5.69 Å². The molecule has 1 aromatic heterocycles. The second-order valence-corrected chi connectivity index (χ2v) is 5.49. The van der Waals surface area contributed by atoms with E-state index in [1.165, 1.54) is 19.3 Å². The van der Waals surface area contributed by atoms with Gasteiger partial charge in [0.05, 0.1) is 11.9 Å². The molecule has 4 nitrogen and oxygen atoms in total. The standard InChI is InChI=1S/C17H29N3O/c1-4-7-8-14(6-3)12-20-17(21)16-10-9-15(13-19-16)18-11-5-2/h9-10,13-14,18H,4-8,11-12H2,1-3H3,(H,20,21). The molecule has 0 spiro atoms. The molecule has 0 aliphatic rings. The number of anilines is 1. The molecule has 1 aromatic rings. The highest BCUT2D eigenvalue weighted by molar-refractivity contribution is 5.92. The molecule has 1 atom stereocenters. The van der Waals surface area contributed by atoms with Gasteiger partial charge in [-0.2, -0.15) is 0 Å². The lowest BCUT2D eigenvalue weighted by Crippen LogP contribution is -2.29. The predicted octanol–water partition coefficient (Wildman–Crippen LogP) is 3.85. The number of pyridine rings is 1. The van der Waals surface area contributed by atoms with Crippen LogP contribution in [0.25, 0.3) is 0 Å². The molecule has 1 amide bonds. The minimum atomic E-state index is -0.0769. The van der Waals surface area contributed by atoms with Crippen LogP contribution in [-0.2, 0) is 0 Å². The molecule has 1 unspecified atom stereocenters. The molecule has 118 valence electrons. The van der Waals surface area contributed by atoms with Crippen LogP contribution in [0, 0.1) is 5.92 Å². The van der Waals surface area contributed by atoms with E-state index >= 15 is 0 Å². The van der Waals surface area contributed by atoms with Crippen molar-refractivity contribution >= 4 is 11.6 Å². The van der Waals surface area contributed by atoms with Crippen LogP contribution in [-0.4, -0.2) is 24.0 Å². The Hall–Kier alpha value is -1.58. The molecule has 0 aliphatic heterocycles. The Morgan fingerprint density at radius 1 is 1.24 bits per heavy atom. The molecule has 0 saturated heterocycles. The quantitative estimate of drug-likeness (QED) is 0.688. The first-order valence-corrected chi connectivity index (χ1v) is 8.19. The fourth-order valence-electron chi connectivity index (χ4n) is 2.17. The van der Waals surface area contributed by atoms with Gasteiger partial charge < -0.3 is 10.6 Å². The van der Waals surface area contributed by atoms with Crippen LogP contribution < -0.4 is 10.6 Å². The van der Waals surface area contributed by atoms with Crippen molar-refractivity contribution in [1.82, 2.24) is 10.3 Å². The molecule has 0 saturated carbocycles. The van der Waals surface area contributed by atoms with Gasteiger partial charge in [-0.25, -0.2) is 4.98 Å². The summed E-state index contributed by atoms with van der Waals surface area (Å²) in [5.74, 6) is 0.492. The van der Waals surface area contributed by atoms with Crippen molar-refractivity contribution in [2.45, 2.75) is 52.9 Å². The van der Waals surface area contributed by atoms with Crippen molar-refractivity contribution in [3.63, 3.8) is 0 Å². The second-order valence-electron chi connectivity index (χ2n) is 5.49. The van der Waals surface area contributed by atoms with Crippen molar-refractivity contribution in [3.8, 4) is 0 Å². The van der Waals surface area contributed by atoms with E-state index in [1.807, 2.05) is 6.07 Å². The van der Waals surface area contributed by atoms with Crippen LogP contribution in [0.5, 0.6) is 0 Å². The molecule has 0 fully saturated rings. The summed E-state index contributed by atoms with van der Waals surface area (Å²) in [6, 6.07) is 3.69. The Labute approximate surface area is 128 Å². The molecule has 4 heteroatoms. The molecule has 2 N–H and O–H groups in total. The zero-order valence-corrected chi connectivity index (χ0v) is 13.6. The van der Waals surface area contributed by atoms with Crippen LogP contribution in [0.3, 0.4) is 0 Å². The average Bonchev–Trinajstić information content (AvgIpc) is 2.53. The van der Waals surface area contributed by atoms with Crippen LogP contribution >= 0.6 is 0 Å². The van der Waals surface area contributed by atoms with Crippen LogP contribution in [0.15, 0.2) is 18.3 Å². The summed E-state index contributed by atoms with van der Waals surface area (Å²) in [6.45, 7) is 8.16. The molecule has 1 rings (SSSR count). The van der Waals surface area contributed by atoms with E-state index < -0.39 is 0 Å². The number of hydrogen-bond acceptors (Lipinski definition) is 3. The fraction of sp³-hybridized carbons (Fsp3) is 0.647. The number of unbranched alkanes of at least 4 members (excludes halogenated alkanes) is 1. The molecule has 0 radical (unpaired) electrons. The van der Waals surface area contributed by atoms with Gasteiger partial charge in [0.25, 0.3) is 5.91 Å². The maximum atomic E-state index is 12.1. The number of amides is 1. The van der Waals surface area contributed by atoms with Gasteiger partial charge in [0.2, 0.25) is 0 Å². The number of rotatable bonds is 10. The van der Waals surface area contributed by atoms with Gasteiger partial charge in [0.15, 0.2) is 0 Å². The maximum Gasteiger partial charge on any atom is 0.269 e. The van der Waals surface area contributed by atoms with Crippen molar-refractivity contribution in [1.29, 1.82) is 0 Å². The number of aromatic nitrogens is 1. The minimum Gasteiger partial charge on any atom is -0.384 e. The first-order valence-electron chi connectivity index (χ1n) is 8.19. The van der Waals surface area contributed by atoms with Gasteiger partial charge in [-0.05, 0) is 30.9 Å². The Morgan fingerprint density at radius 3 is 2.62 bits per heavy atom. The Bertz CT molecular complexity index is 403. The predicted molar refractivity (Wildman–Crippen MR) is 88.7 cm³/mol. The summed E-state index contributed by atoms with van der Waals surface area (Å²) in [5, 5.41) is 6.25. The van der Waals surface area contributed by atoms with E-state index in [-0.39, 0.29) is 5.91 Å². The number of nitrogens with one attached hydrogen (secondary N) is 2. The third-order valence-corrected chi connectivity index (χ3v) is 3.67. The van der Waals surface area contributed by atoms with E-state index in [1.54, 1.807) is 12.3 Å². The lowest BCUT2D eigenvalue weighted by molar-refractivity contribution is 0.0941. The Morgan fingerprint density at radius 2 is 2.05 bits per heavy atom. The molecule has 1 heterocycles. The first-order chi connectivity index (χ1) is 10.2. The maximum absolute atomic E-state index is 12.1. The molecule has 0 bridgehead atoms. The van der Waals surface area contributed by atoms with E-state index in [2.05, 4.69) is 36.4 Å². The fourth-order valence-corrected chi connectivity index (χ4v) is 2.17. The minimum absolute atomic E-state index is 0.0769. The smallest absolute Gasteiger partial charge is 0.269 e. The highest BCUT2D eigenvalue weighted by atomic mass is 16.1.